The van der Waals surface area contributed by atoms with Crippen LogP contribution in [0.4, 0.5) is 4.79 Å². The number of likely N-dealkylation sites (tertiary alicyclic amines) is 1. The molecule has 1 saturated carbocycles. The Hall–Kier alpha value is -1.30. The molecule has 6 heteroatoms. The van der Waals surface area contributed by atoms with E-state index < -0.39 is 17.1 Å². The maximum Gasteiger partial charge on any atom is 0.410 e. The predicted octanol–water partition coefficient (Wildman–Crippen LogP) is 1.05. The third-order valence-electron chi connectivity index (χ3n) is 3.91. The lowest BCUT2D eigenvalue weighted by Gasteiger charge is -2.51. The summed E-state index contributed by atoms with van der Waals surface area (Å²) in [5.41, 5.74) is 4.20. The summed E-state index contributed by atoms with van der Waals surface area (Å²) in [7, 11) is 0. The van der Waals surface area contributed by atoms with Crippen molar-refractivity contribution in [1.82, 2.24) is 4.90 Å². The smallest absolute Gasteiger partial charge is 0.410 e. The number of nitrogens with two attached hydrogens (primary N) is 1. The molecule has 0 aromatic heterocycles. The molecule has 0 atom stereocenters. The van der Waals surface area contributed by atoms with E-state index in [1.54, 1.807) is 4.90 Å². The first-order valence-corrected chi connectivity index (χ1v) is 6.61. The van der Waals surface area contributed by atoms with E-state index in [4.69, 9.17) is 15.6 Å². The van der Waals surface area contributed by atoms with E-state index in [2.05, 4.69) is 0 Å². The average molecular weight is 270 g/mol. The van der Waals surface area contributed by atoms with E-state index in [-0.39, 0.29) is 6.09 Å². The van der Waals surface area contributed by atoms with Crippen LogP contribution in [0.15, 0.2) is 0 Å². The largest absolute Gasteiger partial charge is 0.480 e. The number of hydrogen-bond acceptors (Lipinski definition) is 4. The molecule has 6 nitrogen and oxygen atoms in total. The number of rotatable bonds is 2. The van der Waals surface area contributed by atoms with Gasteiger partial charge in [-0.1, -0.05) is 0 Å². The molecule has 2 fully saturated rings. The van der Waals surface area contributed by atoms with Crippen LogP contribution in [0, 0.1) is 11.8 Å². The molecule has 0 aromatic rings. The lowest BCUT2D eigenvalue weighted by atomic mass is 9.62. The number of hydrogen-bond donors (Lipinski definition) is 2. The first-order valence-electron chi connectivity index (χ1n) is 6.61. The number of carboxylic acid groups (broad SMARTS) is 1. The molecule has 2 aliphatic rings. The van der Waals surface area contributed by atoms with Gasteiger partial charge in [-0.2, -0.15) is 0 Å². The van der Waals surface area contributed by atoms with Gasteiger partial charge in [-0.3, -0.25) is 4.79 Å². The minimum Gasteiger partial charge on any atom is -0.480 e. The third kappa shape index (κ3) is 2.83. The number of amides is 1. The summed E-state index contributed by atoms with van der Waals surface area (Å²) in [5, 5.41) is 8.94. The quantitative estimate of drug-likeness (QED) is 0.782. The van der Waals surface area contributed by atoms with Crippen molar-refractivity contribution in [3.05, 3.63) is 0 Å². The third-order valence-corrected chi connectivity index (χ3v) is 3.91. The van der Waals surface area contributed by atoms with E-state index in [1.807, 2.05) is 20.8 Å². The van der Waals surface area contributed by atoms with Crippen LogP contribution in [0.5, 0.6) is 0 Å². The van der Waals surface area contributed by atoms with Crippen LogP contribution in [0.2, 0.25) is 0 Å². The molecule has 19 heavy (non-hydrogen) atoms. The monoisotopic (exact) mass is 270 g/mol. The van der Waals surface area contributed by atoms with Crippen molar-refractivity contribution in [1.29, 1.82) is 0 Å². The molecule has 0 unspecified atom stereocenters. The van der Waals surface area contributed by atoms with Crippen LogP contribution < -0.4 is 5.73 Å². The fraction of sp³-hybridized carbons (Fsp3) is 0.846. The van der Waals surface area contributed by atoms with Gasteiger partial charge >= 0.3 is 12.1 Å². The van der Waals surface area contributed by atoms with E-state index in [0.29, 0.717) is 37.8 Å². The van der Waals surface area contributed by atoms with E-state index in [9.17, 15) is 9.59 Å². The van der Waals surface area contributed by atoms with Crippen molar-refractivity contribution >= 4 is 12.1 Å². The zero-order chi connectivity index (χ0) is 14.4. The van der Waals surface area contributed by atoms with Gasteiger partial charge in [0.05, 0.1) is 0 Å². The molecule has 1 aliphatic heterocycles. The zero-order valence-electron chi connectivity index (χ0n) is 11.7. The van der Waals surface area contributed by atoms with Gasteiger partial charge in [-0.25, -0.2) is 4.79 Å². The van der Waals surface area contributed by atoms with Gasteiger partial charge in [0.25, 0.3) is 0 Å². The lowest BCUT2D eigenvalue weighted by molar-refractivity contribution is -0.151. The van der Waals surface area contributed by atoms with Gasteiger partial charge in [0.2, 0.25) is 0 Å². The second-order valence-electron chi connectivity index (χ2n) is 6.78. The van der Waals surface area contributed by atoms with Gasteiger partial charge in [0, 0.05) is 13.1 Å². The summed E-state index contributed by atoms with van der Waals surface area (Å²) in [6.07, 6.45) is 0.727. The average Bonchev–Trinajstić information content (AvgIpc) is 2.08. The fourth-order valence-corrected chi connectivity index (χ4v) is 2.67. The van der Waals surface area contributed by atoms with Crippen molar-refractivity contribution < 1.29 is 19.4 Å². The number of ether oxygens (including phenoxy) is 1. The Kier molecular flexibility index (Phi) is 3.24. The molecule has 0 spiro atoms. The second kappa shape index (κ2) is 4.37. The van der Waals surface area contributed by atoms with Crippen molar-refractivity contribution in [2.75, 3.05) is 13.1 Å². The topological polar surface area (TPSA) is 92.9 Å². The van der Waals surface area contributed by atoms with E-state index in [1.165, 1.54) is 0 Å². The van der Waals surface area contributed by atoms with Crippen LogP contribution >= 0.6 is 0 Å². The van der Waals surface area contributed by atoms with E-state index >= 15 is 0 Å². The molecule has 1 saturated heterocycles. The van der Waals surface area contributed by atoms with Gasteiger partial charge in [0.15, 0.2) is 0 Å². The number of carbonyl (C=O) groups excluding carboxylic acids is 1. The SMILES string of the molecule is CC(C)(C)OC(=O)N1CC(C2CC(N)(C(=O)O)C2)C1. The Balaban J connectivity index is 1.74. The summed E-state index contributed by atoms with van der Waals surface area (Å²) in [6, 6.07) is 0. The first-order chi connectivity index (χ1) is 8.61. The molecule has 108 valence electrons. The van der Waals surface area contributed by atoms with Crippen molar-refractivity contribution in [2.24, 2.45) is 17.6 Å². The Bertz CT molecular complexity index is 390. The Labute approximate surface area is 112 Å². The first kappa shape index (κ1) is 14.1. The minimum atomic E-state index is -1.04. The molecule has 0 bridgehead atoms. The lowest BCUT2D eigenvalue weighted by Crippen LogP contribution is -2.64. The van der Waals surface area contributed by atoms with Crippen LogP contribution in [0.25, 0.3) is 0 Å². The molecule has 0 aromatic carbocycles. The molecule has 3 N–H and O–H groups in total. The molecular formula is C13H22N2O4. The van der Waals surface area contributed by atoms with Crippen molar-refractivity contribution in [3.63, 3.8) is 0 Å². The molecule has 0 radical (unpaired) electrons. The van der Waals surface area contributed by atoms with Gasteiger partial charge < -0.3 is 20.5 Å². The zero-order valence-corrected chi connectivity index (χ0v) is 11.7. The second-order valence-corrected chi connectivity index (χ2v) is 6.78. The van der Waals surface area contributed by atoms with Crippen LogP contribution in [0.1, 0.15) is 33.6 Å². The molecule has 1 amide bonds. The highest BCUT2D eigenvalue weighted by Crippen LogP contribution is 2.44. The van der Waals surface area contributed by atoms with Crippen LogP contribution in [-0.2, 0) is 9.53 Å². The summed E-state index contributed by atoms with van der Waals surface area (Å²) < 4.78 is 5.27. The Morgan fingerprint density at radius 1 is 1.26 bits per heavy atom. The summed E-state index contributed by atoms with van der Waals surface area (Å²) >= 11 is 0. The standard InChI is InChI=1S/C13H22N2O4/c1-12(2,3)19-11(18)15-6-9(7-15)8-4-13(14,5-8)10(16)17/h8-9H,4-7,14H2,1-3H3,(H,16,17). The van der Waals surface area contributed by atoms with Crippen LogP contribution in [0.3, 0.4) is 0 Å². The van der Waals surface area contributed by atoms with Crippen molar-refractivity contribution in [2.45, 2.75) is 44.8 Å². The van der Waals surface area contributed by atoms with Gasteiger partial charge in [-0.05, 0) is 45.4 Å². The fourth-order valence-electron chi connectivity index (χ4n) is 2.67. The molecule has 1 aliphatic carbocycles. The Morgan fingerprint density at radius 3 is 2.21 bits per heavy atom. The van der Waals surface area contributed by atoms with Crippen molar-refractivity contribution in [3.8, 4) is 0 Å². The number of carboxylic acids is 1. The molecular weight excluding hydrogens is 248 g/mol. The summed E-state index contributed by atoms with van der Waals surface area (Å²) in [5.74, 6) is -0.240. The maximum absolute atomic E-state index is 11.7. The highest BCUT2D eigenvalue weighted by atomic mass is 16.6. The highest BCUT2D eigenvalue weighted by Gasteiger charge is 2.52. The normalized spacial score (nSPS) is 31.4. The predicted molar refractivity (Wildman–Crippen MR) is 68.6 cm³/mol. The number of carbonyl (C=O) groups is 2. The minimum absolute atomic E-state index is 0.291. The molecule has 1 heterocycles. The summed E-state index contributed by atoms with van der Waals surface area (Å²) in [4.78, 5) is 24.3. The molecule has 2 rings (SSSR count). The number of aliphatic carboxylic acids is 1. The van der Waals surface area contributed by atoms with Gasteiger partial charge in [0.1, 0.15) is 11.1 Å². The summed E-state index contributed by atoms with van der Waals surface area (Å²) in [6.45, 7) is 6.81. The Morgan fingerprint density at radius 2 is 1.79 bits per heavy atom. The number of nitrogens with zero attached hydrogens (tertiary/aromatic N) is 1. The highest BCUT2D eigenvalue weighted by molar-refractivity contribution is 5.79. The maximum atomic E-state index is 11.7. The van der Waals surface area contributed by atoms with Gasteiger partial charge in [-0.15, -0.1) is 0 Å². The van der Waals surface area contributed by atoms with E-state index in [0.717, 1.165) is 0 Å². The van der Waals surface area contributed by atoms with Crippen LogP contribution in [-0.4, -0.2) is 46.3 Å².